The van der Waals surface area contributed by atoms with Crippen LogP contribution in [0.5, 0.6) is 0 Å². The Morgan fingerprint density at radius 1 is 1.29 bits per heavy atom. The van der Waals surface area contributed by atoms with Gasteiger partial charge in [-0.1, -0.05) is 0 Å². The Hall–Kier alpha value is -2.51. The van der Waals surface area contributed by atoms with Gasteiger partial charge < -0.3 is 9.64 Å². The van der Waals surface area contributed by atoms with Crippen LogP contribution in [-0.2, 0) is 20.7 Å². The predicted molar refractivity (Wildman–Crippen MR) is 85.3 cm³/mol. The molecule has 2 aromatic heterocycles. The summed E-state index contributed by atoms with van der Waals surface area (Å²) in [5.74, 6) is -0.0682. The molecular formula is C16H21N5O3. The van der Waals surface area contributed by atoms with Crippen molar-refractivity contribution in [2.24, 2.45) is 0 Å². The van der Waals surface area contributed by atoms with E-state index in [1.54, 1.807) is 16.3 Å². The summed E-state index contributed by atoms with van der Waals surface area (Å²) in [5.41, 5.74) is 2.26. The second kappa shape index (κ2) is 6.54. The summed E-state index contributed by atoms with van der Waals surface area (Å²) in [7, 11) is 0. The summed E-state index contributed by atoms with van der Waals surface area (Å²) >= 11 is 0. The van der Waals surface area contributed by atoms with Gasteiger partial charge in [-0.25, -0.2) is 9.50 Å². The van der Waals surface area contributed by atoms with Crippen LogP contribution in [0.4, 0.5) is 0 Å². The maximum absolute atomic E-state index is 12.3. The number of fused-ring (bicyclic) bond motifs is 1. The van der Waals surface area contributed by atoms with Crippen molar-refractivity contribution < 1.29 is 14.3 Å². The molecule has 0 radical (unpaired) electrons. The van der Waals surface area contributed by atoms with Gasteiger partial charge in [0.15, 0.2) is 6.10 Å². The number of likely N-dealkylation sites (tertiary alicyclic amines) is 1. The van der Waals surface area contributed by atoms with Crippen LogP contribution in [0.2, 0.25) is 0 Å². The van der Waals surface area contributed by atoms with Gasteiger partial charge in [-0.3, -0.25) is 9.59 Å². The minimum Gasteiger partial charge on any atom is -0.452 e. The molecule has 1 atom stereocenters. The third-order valence-electron chi connectivity index (χ3n) is 4.38. The van der Waals surface area contributed by atoms with E-state index in [-0.39, 0.29) is 12.3 Å². The summed E-state index contributed by atoms with van der Waals surface area (Å²) < 4.78 is 6.92. The lowest BCUT2D eigenvalue weighted by atomic mass is 10.1. The summed E-state index contributed by atoms with van der Waals surface area (Å²) in [6.45, 7) is 6.79. The summed E-state index contributed by atoms with van der Waals surface area (Å²) in [6.07, 6.45) is 2.73. The van der Waals surface area contributed by atoms with E-state index in [2.05, 4.69) is 15.1 Å². The molecule has 0 aromatic carbocycles. The molecule has 0 unspecified atom stereocenters. The number of esters is 1. The van der Waals surface area contributed by atoms with Crippen LogP contribution in [-0.4, -0.2) is 55.6 Å². The quantitative estimate of drug-likeness (QED) is 0.771. The highest BCUT2D eigenvalue weighted by molar-refractivity contribution is 5.84. The van der Waals surface area contributed by atoms with Crippen molar-refractivity contribution in [3.05, 3.63) is 23.3 Å². The number of ether oxygens (including phenoxy) is 1. The van der Waals surface area contributed by atoms with Crippen molar-refractivity contribution in [2.75, 3.05) is 13.1 Å². The molecule has 24 heavy (non-hydrogen) atoms. The molecule has 0 N–H and O–H groups in total. The van der Waals surface area contributed by atoms with Crippen molar-refractivity contribution >= 4 is 17.7 Å². The molecule has 3 heterocycles. The number of aromatic nitrogens is 4. The number of aryl methyl sites for hydroxylation is 2. The zero-order chi connectivity index (χ0) is 17.3. The van der Waals surface area contributed by atoms with Gasteiger partial charge in [0, 0.05) is 30.0 Å². The molecule has 1 aliphatic heterocycles. The molecule has 0 spiro atoms. The first kappa shape index (κ1) is 16.4. The fourth-order valence-corrected chi connectivity index (χ4v) is 3.04. The number of amides is 1. The normalized spacial score (nSPS) is 15.7. The zero-order valence-corrected chi connectivity index (χ0v) is 14.2. The smallest absolute Gasteiger partial charge is 0.311 e. The van der Waals surface area contributed by atoms with E-state index >= 15 is 0 Å². The van der Waals surface area contributed by atoms with Crippen LogP contribution < -0.4 is 0 Å². The van der Waals surface area contributed by atoms with Crippen molar-refractivity contribution in [3.63, 3.8) is 0 Å². The third kappa shape index (κ3) is 3.08. The van der Waals surface area contributed by atoms with Gasteiger partial charge >= 0.3 is 5.97 Å². The van der Waals surface area contributed by atoms with E-state index in [1.807, 2.05) is 13.8 Å². The molecule has 3 rings (SSSR count). The Morgan fingerprint density at radius 3 is 2.71 bits per heavy atom. The first-order valence-corrected chi connectivity index (χ1v) is 8.11. The molecule has 0 saturated carbocycles. The number of hydrogen-bond acceptors (Lipinski definition) is 6. The van der Waals surface area contributed by atoms with Crippen molar-refractivity contribution in [1.29, 1.82) is 0 Å². The van der Waals surface area contributed by atoms with Crippen molar-refractivity contribution in [1.82, 2.24) is 24.5 Å². The second-order valence-electron chi connectivity index (χ2n) is 6.07. The molecular weight excluding hydrogens is 310 g/mol. The average Bonchev–Trinajstić information content (AvgIpc) is 3.21. The van der Waals surface area contributed by atoms with Crippen LogP contribution in [0.15, 0.2) is 6.33 Å². The first-order valence-electron chi connectivity index (χ1n) is 8.11. The van der Waals surface area contributed by atoms with E-state index in [0.29, 0.717) is 11.5 Å². The molecule has 1 saturated heterocycles. The summed E-state index contributed by atoms with van der Waals surface area (Å²) in [6, 6.07) is 0. The fraction of sp³-hybridized carbons (Fsp3) is 0.562. The Balaban J connectivity index is 1.69. The minimum atomic E-state index is -0.765. The average molecular weight is 331 g/mol. The van der Waals surface area contributed by atoms with Crippen LogP contribution in [0.3, 0.4) is 0 Å². The van der Waals surface area contributed by atoms with E-state index < -0.39 is 12.1 Å². The Kier molecular flexibility index (Phi) is 4.46. The molecule has 1 fully saturated rings. The van der Waals surface area contributed by atoms with Crippen LogP contribution in [0, 0.1) is 13.8 Å². The highest BCUT2D eigenvalue weighted by Crippen LogP contribution is 2.15. The molecule has 0 aliphatic carbocycles. The lowest BCUT2D eigenvalue weighted by molar-refractivity contribution is -0.158. The van der Waals surface area contributed by atoms with Gasteiger partial charge in [-0.15, -0.1) is 0 Å². The molecule has 1 amide bonds. The fourth-order valence-electron chi connectivity index (χ4n) is 3.04. The number of carbonyl (C=O) groups excluding carboxylic acids is 2. The number of carbonyl (C=O) groups is 2. The second-order valence-corrected chi connectivity index (χ2v) is 6.07. The predicted octanol–water partition coefficient (Wildman–Crippen LogP) is 0.838. The Bertz CT molecular complexity index is 779. The topological polar surface area (TPSA) is 89.7 Å². The number of hydrogen-bond donors (Lipinski definition) is 0. The van der Waals surface area contributed by atoms with Gasteiger partial charge in [-0.05, 0) is 33.6 Å². The highest BCUT2D eigenvalue weighted by Gasteiger charge is 2.26. The SMILES string of the molecule is Cc1nc2ncnn2c(C)c1CC(=O)O[C@@H](C)C(=O)N1CCCC1. The van der Waals surface area contributed by atoms with Crippen LogP contribution in [0.25, 0.3) is 5.78 Å². The monoisotopic (exact) mass is 331 g/mol. The minimum absolute atomic E-state index is 0.0537. The van der Waals surface area contributed by atoms with Gasteiger partial charge in [0.2, 0.25) is 0 Å². The molecule has 2 aromatic rings. The highest BCUT2D eigenvalue weighted by atomic mass is 16.5. The van der Waals surface area contributed by atoms with E-state index in [4.69, 9.17) is 4.74 Å². The van der Waals surface area contributed by atoms with Gasteiger partial charge in [-0.2, -0.15) is 10.1 Å². The molecule has 0 bridgehead atoms. The molecule has 1 aliphatic rings. The van der Waals surface area contributed by atoms with E-state index in [1.165, 1.54) is 6.33 Å². The third-order valence-corrected chi connectivity index (χ3v) is 4.38. The largest absolute Gasteiger partial charge is 0.452 e. The van der Waals surface area contributed by atoms with Gasteiger partial charge in [0.25, 0.3) is 11.7 Å². The van der Waals surface area contributed by atoms with Gasteiger partial charge in [0.05, 0.1) is 6.42 Å². The van der Waals surface area contributed by atoms with E-state index in [9.17, 15) is 9.59 Å². The summed E-state index contributed by atoms with van der Waals surface area (Å²) in [4.78, 5) is 34.6. The molecule has 128 valence electrons. The zero-order valence-electron chi connectivity index (χ0n) is 14.2. The first-order chi connectivity index (χ1) is 11.5. The van der Waals surface area contributed by atoms with Crippen molar-refractivity contribution in [2.45, 2.75) is 46.1 Å². The molecule has 8 heteroatoms. The number of rotatable bonds is 4. The standard InChI is InChI=1S/C16H21N5O3/c1-10-13(11(2)21-16(19-10)17-9-18-21)8-14(22)24-12(3)15(23)20-6-4-5-7-20/h9,12H,4-8H2,1-3H3/t12-/m0/s1. The maximum atomic E-state index is 12.3. The lowest BCUT2D eigenvalue weighted by Crippen LogP contribution is -2.38. The number of nitrogens with zero attached hydrogens (tertiary/aromatic N) is 5. The van der Waals surface area contributed by atoms with Crippen molar-refractivity contribution in [3.8, 4) is 0 Å². The van der Waals surface area contributed by atoms with Crippen LogP contribution in [0.1, 0.15) is 36.7 Å². The van der Waals surface area contributed by atoms with E-state index in [0.717, 1.165) is 37.2 Å². The molecule has 8 nitrogen and oxygen atoms in total. The Morgan fingerprint density at radius 2 is 2.00 bits per heavy atom. The summed E-state index contributed by atoms with van der Waals surface area (Å²) in [5, 5.41) is 4.10. The lowest BCUT2D eigenvalue weighted by Gasteiger charge is -2.20. The van der Waals surface area contributed by atoms with Gasteiger partial charge in [0.1, 0.15) is 6.33 Å². The maximum Gasteiger partial charge on any atom is 0.311 e. The Labute approximate surface area is 139 Å². The van der Waals surface area contributed by atoms with Crippen LogP contribution >= 0.6 is 0 Å².